The number of benzene rings is 4. The van der Waals surface area contributed by atoms with Gasteiger partial charge in [-0.1, -0.05) is 121 Å². The van der Waals surface area contributed by atoms with E-state index >= 15 is 0 Å². The Balaban J connectivity index is 1.51. The van der Waals surface area contributed by atoms with E-state index in [0.29, 0.717) is 13.1 Å². The summed E-state index contributed by atoms with van der Waals surface area (Å²) in [6.45, 7) is 1.41. The van der Waals surface area contributed by atoms with Gasteiger partial charge < -0.3 is 14.4 Å². The van der Waals surface area contributed by atoms with E-state index in [1.165, 1.54) is 0 Å². The van der Waals surface area contributed by atoms with E-state index in [1.54, 1.807) is 4.90 Å². The van der Waals surface area contributed by atoms with Gasteiger partial charge in [-0.25, -0.2) is 4.79 Å². The van der Waals surface area contributed by atoms with Crippen molar-refractivity contribution in [2.24, 2.45) is 0 Å². The maximum absolute atomic E-state index is 13.0. The maximum atomic E-state index is 13.0. The predicted molar refractivity (Wildman–Crippen MR) is 144 cm³/mol. The second-order valence-corrected chi connectivity index (χ2v) is 9.19. The first-order valence-electron chi connectivity index (χ1n) is 12.6. The first-order chi connectivity index (χ1) is 18.2. The third kappa shape index (κ3) is 4.91. The SMILES string of the molecule is O=C[C@@H]1CN(C(=O)OCc2ccccc2)CCN1C(c1ccccc1)(c1ccccc1)c1ccccc1. The van der Waals surface area contributed by atoms with Gasteiger partial charge in [0.1, 0.15) is 12.9 Å². The molecular formula is C32H30N2O3. The summed E-state index contributed by atoms with van der Waals surface area (Å²) in [6.07, 6.45) is 0.556. The molecule has 0 aliphatic carbocycles. The number of hydrogen-bond acceptors (Lipinski definition) is 4. The maximum Gasteiger partial charge on any atom is 0.410 e. The molecule has 1 amide bonds. The Morgan fingerprint density at radius 1 is 0.730 bits per heavy atom. The molecule has 0 N–H and O–H groups in total. The number of rotatable bonds is 7. The van der Waals surface area contributed by atoms with E-state index in [4.69, 9.17) is 4.74 Å². The number of amides is 1. The average molecular weight is 491 g/mol. The van der Waals surface area contributed by atoms with Crippen molar-refractivity contribution in [1.29, 1.82) is 0 Å². The van der Waals surface area contributed by atoms with Gasteiger partial charge in [0, 0.05) is 19.6 Å². The van der Waals surface area contributed by atoms with Gasteiger partial charge in [0.25, 0.3) is 0 Å². The normalized spacial score (nSPS) is 16.2. The monoisotopic (exact) mass is 490 g/mol. The summed E-state index contributed by atoms with van der Waals surface area (Å²) in [6, 6.07) is 40.0. The molecule has 0 bridgehead atoms. The van der Waals surface area contributed by atoms with Gasteiger partial charge in [0.2, 0.25) is 0 Å². The molecule has 0 unspecified atom stereocenters. The minimum atomic E-state index is -0.713. The molecule has 186 valence electrons. The molecule has 4 aromatic rings. The first kappa shape index (κ1) is 24.5. The number of piperazine rings is 1. The van der Waals surface area contributed by atoms with Crippen molar-refractivity contribution in [2.45, 2.75) is 18.2 Å². The highest BCUT2D eigenvalue weighted by Gasteiger charge is 2.47. The van der Waals surface area contributed by atoms with E-state index < -0.39 is 17.7 Å². The van der Waals surface area contributed by atoms with Crippen molar-refractivity contribution >= 4 is 12.4 Å². The fourth-order valence-corrected chi connectivity index (χ4v) is 5.35. The van der Waals surface area contributed by atoms with E-state index in [0.717, 1.165) is 28.5 Å². The van der Waals surface area contributed by atoms with Crippen molar-refractivity contribution in [3.8, 4) is 0 Å². The van der Waals surface area contributed by atoms with Gasteiger partial charge in [-0.15, -0.1) is 0 Å². The lowest BCUT2D eigenvalue weighted by Crippen LogP contribution is -2.63. The minimum Gasteiger partial charge on any atom is -0.445 e. The topological polar surface area (TPSA) is 49.9 Å². The van der Waals surface area contributed by atoms with Crippen LogP contribution in [0, 0.1) is 0 Å². The van der Waals surface area contributed by atoms with Gasteiger partial charge in [0.05, 0.1) is 11.6 Å². The number of ether oxygens (including phenoxy) is 1. The van der Waals surface area contributed by atoms with E-state index in [-0.39, 0.29) is 13.2 Å². The molecular weight excluding hydrogens is 460 g/mol. The molecule has 4 aromatic carbocycles. The van der Waals surface area contributed by atoms with E-state index in [1.807, 2.05) is 84.9 Å². The summed E-state index contributed by atoms with van der Waals surface area (Å²) in [7, 11) is 0. The van der Waals surface area contributed by atoms with Crippen LogP contribution < -0.4 is 0 Å². The van der Waals surface area contributed by atoms with Crippen LogP contribution in [0.25, 0.3) is 0 Å². The molecule has 1 aliphatic rings. The zero-order valence-corrected chi connectivity index (χ0v) is 20.6. The Kier molecular flexibility index (Phi) is 7.43. The van der Waals surface area contributed by atoms with Gasteiger partial charge in [-0.3, -0.25) is 4.90 Å². The fraction of sp³-hybridized carbons (Fsp3) is 0.188. The van der Waals surface area contributed by atoms with Crippen LogP contribution >= 0.6 is 0 Å². The van der Waals surface area contributed by atoms with E-state index in [9.17, 15) is 9.59 Å². The Hall–Kier alpha value is -4.22. The van der Waals surface area contributed by atoms with Crippen molar-refractivity contribution in [3.63, 3.8) is 0 Å². The van der Waals surface area contributed by atoms with Crippen LogP contribution in [-0.4, -0.2) is 47.9 Å². The molecule has 1 atom stereocenters. The number of carbonyl (C=O) groups excluding carboxylic acids is 2. The number of carbonyl (C=O) groups is 2. The minimum absolute atomic E-state index is 0.202. The Morgan fingerprint density at radius 3 is 1.65 bits per heavy atom. The second-order valence-electron chi connectivity index (χ2n) is 9.19. The summed E-state index contributed by atoms with van der Waals surface area (Å²) in [5.41, 5.74) is 3.42. The Morgan fingerprint density at radius 2 is 1.19 bits per heavy atom. The van der Waals surface area contributed by atoms with Gasteiger partial charge in [-0.2, -0.15) is 0 Å². The molecule has 5 nitrogen and oxygen atoms in total. The number of aldehydes is 1. The molecule has 1 aliphatic heterocycles. The molecule has 5 rings (SSSR count). The van der Waals surface area contributed by atoms with Gasteiger partial charge >= 0.3 is 6.09 Å². The van der Waals surface area contributed by atoms with Crippen molar-refractivity contribution in [2.75, 3.05) is 19.6 Å². The highest BCUT2D eigenvalue weighted by atomic mass is 16.6. The quantitative estimate of drug-likeness (QED) is 0.254. The lowest BCUT2D eigenvalue weighted by atomic mass is 9.74. The number of hydrogen-bond donors (Lipinski definition) is 0. The Bertz CT molecular complexity index is 1200. The van der Waals surface area contributed by atoms with Crippen molar-refractivity contribution < 1.29 is 14.3 Å². The highest BCUT2D eigenvalue weighted by molar-refractivity contribution is 5.70. The smallest absolute Gasteiger partial charge is 0.410 e. The third-order valence-electron chi connectivity index (χ3n) is 7.04. The van der Waals surface area contributed by atoms with Crippen LogP contribution in [-0.2, 0) is 21.7 Å². The molecule has 0 saturated carbocycles. The van der Waals surface area contributed by atoms with Gasteiger partial charge in [-0.05, 0) is 22.3 Å². The van der Waals surface area contributed by atoms with Crippen molar-refractivity contribution in [1.82, 2.24) is 9.80 Å². The lowest BCUT2D eigenvalue weighted by molar-refractivity contribution is -0.116. The van der Waals surface area contributed by atoms with Crippen LogP contribution in [0.5, 0.6) is 0 Å². The standard InChI is InChI=1S/C32H30N2O3/c35-24-30-23-33(31(36)37-25-26-13-5-1-6-14-26)21-22-34(30)32(27-15-7-2-8-16-27,28-17-9-3-10-18-28)29-19-11-4-12-20-29/h1-20,24,30H,21-23,25H2/t30-/m0/s1. The molecule has 37 heavy (non-hydrogen) atoms. The summed E-state index contributed by atoms with van der Waals surface area (Å²) in [4.78, 5) is 29.5. The average Bonchev–Trinajstić information content (AvgIpc) is 2.98. The summed E-state index contributed by atoms with van der Waals surface area (Å²) in [5.74, 6) is 0. The number of nitrogens with zero attached hydrogens (tertiary/aromatic N) is 2. The molecule has 0 aromatic heterocycles. The molecule has 1 saturated heterocycles. The molecule has 1 fully saturated rings. The highest BCUT2D eigenvalue weighted by Crippen LogP contribution is 2.44. The Labute approximate surface area is 217 Å². The fourth-order valence-electron chi connectivity index (χ4n) is 5.35. The largest absolute Gasteiger partial charge is 0.445 e. The van der Waals surface area contributed by atoms with Crippen LogP contribution in [0.1, 0.15) is 22.3 Å². The van der Waals surface area contributed by atoms with Crippen LogP contribution in [0.3, 0.4) is 0 Å². The van der Waals surface area contributed by atoms with Crippen molar-refractivity contribution in [3.05, 3.63) is 144 Å². The second kappa shape index (κ2) is 11.2. The summed E-state index contributed by atoms with van der Waals surface area (Å²) < 4.78 is 5.59. The van der Waals surface area contributed by atoms with Gasteiger partial charge in [0.15, 0.2) is 0 Å². The van der Waals surface area contributed by atoms with Crippen LogP contribution in [0.15, 0.2) is 121 Å². The molecule has 1 heterocycles. The van der Waals surface area contributed by atoms with Crippen LogP contribution in [0.4, 0.5) is 4.79 Å². The first-order valence-corrected chi connectivity index (χ1v) is 12.6. The summed E-state index contributed by atoms with van der Waals surface area (Å²) in [5, 5.41) is 0. The zero-order chi connectivity index (χ0) is 25.5. The van der Waals surface area contributed by atoms with Crippen LogP contribution in [0.2, 0.25) is 0 Å². The molecule has 0 spiro atoms. The zero-order valence-electron chi connectivity index (χ0n) is 20.6. The predicted octanol–water partition coefficient (Wildman–Crippen LogP) is 5.50. The molecule has 0 radical (unpaired) electrons. The summed E-state index contributed by atoms with van der Waals surface area (Å²) >= 11 is 0. The lowest BCUT2D eigenvalue weighted by Gasteiger charge is -2.51. The van der Waals surface area contributed by atoms with E-state index in [2.05, 4.69) is 41.3 Å². The third-order valence-corrected chi connectivity index (χ3v) is 7.04. The molecule has 5 heteroatoms.